The van der Waals surface area contributed by atoms with Gasteiger partial charge in [-0.25, -0.2) is 62.3 Å². The maximum absolute atomic E-state index is 12.1. The second-order valence-electron chi connectivity index (χ2n) is 34.8. The molecule has 4 aromatic carbocycles. The minimum absolute atomic E-state index is 0. The molecule has 0 radical (unpaired) electrons. The molecule has 0 atom stereocenters. The van der Waals surface area contributed by atoms with Crippen molar-refractivity contribution in [3.63, 3.8) is 0 Å². The van der Waals surface area contributed by atoms with Crippen LogP contribution in [0.4, 0.5) is 28.7 Å². The first-order valence-electron chi connectivity index (χ1n) is 52.2. The number of ether oxygens (including phenoxy) is 2. The number of unbranched alkanes of at least 4 members (excludes halogenated alkanes) is 5. The van der Waals surface area contributed by atoms with Crippen molar-refractivity contribution in [2.45, 2.75) is 186 Å². The molecule has 12 heterocycles. The molecular formula is C106H164N28O12. The van der Waals surface area contributed by atoms with Crippen LogP contribution in [0.1, 0.15) is 154 Å². The van der Waals surface area contributed by atoms with Crippen molar-refractivity contribution in [1.29, 1.82) is 0 Å². The van der Waals surface area contributed by atoms with Crippen molar-refractivity contribution in [2.24, 2.45) is 35.2 Å². The molecule has 5 fully saturated rings. The first kappa shape index (κ1) is 120. The Kier molecular flexibility index (Phi) is 54.2. The van der Waals surface area contributed by atoms with E-state index in [0.717, 1.165) is 300 Å². The van der Waals surface area contributed by atoms with E-state index in [9.17, 15) is 47.9 Å². The van der Waals surface area contributed by atoms with Gasteiger partial charge in [0.2, 0.25) is 0 Å². The van der Waals surface area contributed by atoms with Gasteiger partial charge in [-0.05, 0) is 164 Å². The highest BCUT2D eigenvalue weighted by molar-refractivity contribution is 5.97. The summed E-state index contributed by atoms with van der Waals surface area (Å²) < 4.78 is 24.3. The highest BCUT2D eigenvalue weighted by Crippen LogP contribution is 2.38. The summed E-state index contributed by atoms with van der Waals surface area (Å²) in [6.45, 7) is 49.5. The van der Waals surface area contributed by atoms with Crippen molar-refractivity contribution in [2.75, 3.05) is 201 Å². The number of hydrogen-bond donors (Lipinski definition) is 0. The van der Waals surface area contributed by atoms with Crippen LogP contribution in [0.2, 0.25) is 0 Å². The van der Waals surface area contributed by atoms with Gasteiger partial charge in [0.1, 0.15) is 60.4 Å². The predicted octanol–water partition coefficient (Wildman–Crippen LogP) is 8.38. The van der Waals surface area contributed by atoms with E-state index in [1.165, 1.54) is 117 Å². The van der Waals surface area contributed by atoms with Gasteiger partial charge in [-0.1, -0.05) is 143 Å². The first-order chi connectivity index (χ1) is 70.6. The number of anilines is 5. The Balaban J connectivity index is 0.000000243. The number of aromatic nitrogens is 18. The maximum atomic E-state index is 12.1. The lowest BCUT2D eigenvalue weighted by molar-refractivity contribution is 0.248. The Morgan fingerprint density at radius 1 is 0.281 bits per heavy atom. The Hall–Kier alpha value is -13.2. The van der Waals surface area contributed by atoms with Crippen LogP contribution >= 0.6 is 0 Å². The van der Waals surface area contributed by atoms with Crippen LogP contribution < -0.4 is 90.2 Å². The molecule has 7 aromatic heterocycles. The van der Waals surface area contributed by atoms with E-state index in [1.54, 1.807) is 12.5 Å². The van der Waals surface area contributed by atoms with Gasteiger partial charge >= 0.3 is 28.4 Å². The highest BCUT2D eigenvalue weighted by atomic mass is 16.5. The number of nitrogens with zero attached hydrogens (tertiary/aromatic N) is 28. The zero-order valence-electron chi connectivity index (χ0n) is 88.6. The number of fused-ring (bicyclic) bond motifs is 1. The molecule has 5 aliphatic rings. The monoisotopic (exact) mass is 2020 g/mol. The Morgan fingerprint density at radius 2 is 0.589 bits per heavy atom. The molecule has 146 heavy (non-hydrogen) atoms. The second kappa shape index (κ2) is 66.0. The van der Waals surface area contributed by atoms with Gasteiger partial charge in [0.05, 0.1) is 24.6 Å². The summed E-state index contributed by atoms with van der Waals surface area (Å²) in [5.74, 6) is 3.97. The minimum Gasteiger partial charge on any atom is -0.491 e. The van der Waals surface area contributed by atoms with Crippen molar-refractivity contribution >= 4 is 39.5 Å². The fourth-order valence-corrected chi connectivity index (χ4v) is 17.0. The lowest BCUT2D eigenvalue weighted by atomic mass is 10.1. The molecule has 0 saturated carbocycles. The fourth-order valence-electron chi connectivity index (χ4n) is 17.0. The molecule has 0 N–H and O–H groups in total. The summed E-state index contributed by atoms with van der Waals surface area (Å²) in [6.07, 6.45) is 22.4. The van der Waals surface area contributed by atoms with E-state index in [2.05, 4.69) is 176 Å². The molecular weight excluding hydrogens is 1860 g/mol. The fraction of sp³-hybridized carbons (Fsp3) is 0.566. The van der Waals surface area contributed by atoms with Gasteiger partial charge in [0.15, 0.2) is 0 Å². The largest absolute Gasteiger partial charge is 0.491 e. The minimum atomic E-state index is -0.372. The van der Waals surface area contributed by atoms with Crippen LogP contribution in [-0.2, 0) is 68.0 Å². The Morgan fingerprint density at radius 3 is 0.938 bits per heavy atom. The van der Waals surface area contributed by atoms with Crippen molar-refractivity contribution in [3.05, 3.63) is 269 Å². The lowest BCUT2D eigenvalue weighted by Gasteiger charge is -2.37. The quantitative estimate of drug-likeness (QED) is 0.0332. The molecule has 0 unspecified atom stereocenters. The van der Waals surface area contributed by atoms with Crippen LogP contribution in [0.5, 0.6) is 11.5 Å². The van der Waals surface area contributed by atoms with E-state index in [4.69, 9.17) is 9.47 Å². The molecule has 0 bridgehead atoms. The molecule has 0 spiro atoms. The third-order valence-electron chi connectivity index (χ3n) is 25.4. The summed E-state index contributed by atoms with van der Waals surface area (Å²) in [5.41, 5.74) is 0.0832. The van der Waals surface area contributed by atoms with Gasteiger partial charge in [-0.2, -0.15) is 25.5 Å². The van der Waals surface area contributed by atoms with Gasteiger partial charge in [-0.15, -0.1) is 0 Å². The lowest BCUT2D eigenvalue weighted by Crippen LogP contribution is -2.47. The zero-order chi connectivity index (χ0) is 105. The van der Waals surface area contributed by atoms with Crippen LogP contribution in [0.15, 0.2) is 213 Å². The normalized spacial score (nSPS) is 14.4. The molecule has 40 heteroatoms. The third kappa shape index (κ3) is 37.1. The number of aryl methyl sites for hydroxylation is 5. The summed E-state index contributed by atoms with van der Waals surface area (Å²) in [5, 5.41) is 22.1. The number of piperazine rings is 5. The van der Waals surface area contributed by atoms with Crippen LogP contribution in [0.25, 0.3) is 10.8 Å². The Labute approximate surface area is 859 Å². The van der Waals surface area contributed by atoms with E-state index in [0.29, 0.717) is 32.7 Å². The zero-order valence-corrected chi connectivity index (χ0v) is 88.6. The second-order valence-corrected chi connectivity index (χ2v) is 34.8. The van der Waals surface area contributed by atoms with Crippen LogP contribution in [0, 0.1) is 0 Å². The van der Waals surface area contributed by atoms with Crippen LogP contribution in [-0.4, -0.2) is 288 Å². The van der Waals surface area contributed by atoms with Gasteiger partial charge < -0.3 is 34.0 Å². The average Bonchev–Trinajstić information content (AvgIpc) is 0.779. The third-order valence-corrected chi connectivity index (χ3v) is 25.4. The topological polar surface area (TPSA) is 374 Å². The van der Waals surface area contributed by atoms with Crippen molar-refractivity contribution in [1.82, 2.24) is 111 Å². The number of pyridine rings is 1. The Bertz CT molecular complexity index is 5880. The number of para-hydroxylation sites is 3. The SMILES string of the molecule is C.CC.CC.CC.CC.CCCOc1ccc2ccccc2c1N1CCN(CCCCn2ncc(=O)n(C)c2=O)CC1.CCCOc1ccccc1N1CCN(CCCCn2ncc(=O)n(C)c2=O)CC1.Cn1c(=O)cnn(CCCCN2CCN(c3ccccc3)CC2)c1=O.Cn1c(=O)cnn(CCCCN2CCN(c3ccccn3)CC2)c1=O.Cn1c(=O)cnn(CCCCN2CCN(c3ccncn3)CC2)c1=O. The number of rotatable bonds is 36. The summed E-state index contributed by atoms with van der Waals surface area (Å²) >= 11 is 0. The van der Waals surface area contributed by atoms with Gasteiger partial charge in [0, 0.05) is 222 Å². The smallest absolute Gasteiger partial charge is 0.347 e. The highest BCUT2D eigenvalue weighted by Gasteiger charge is 2.26. The standard InChI is InChI=1S/C25H33N5O3.C21H31N5O3.C18H25N5O2.C17H24N6O2.C16H23N7O2.4C2H6.CH4/c1-3-18-33-22-11-10-20-8-4-5-9-21(20)24(22)29-16-14-28(15-17-29)12-6-7-13-30-25(32)27(2)23(31)19-26-30;1-3-16-29-19-9-5-4-8-18(19)25-14-12-24(13-15-25)10-6-7-11-26-21(28)23(2)20(27)17-22-26;1-20-17(24)15-19-23(18(20)25)10-6-5-9-21-11-13-22(14-12-21)16-7-3-2-4-8-16;1-20-16(24)14-19-23(17(20)25)9-5-4-8-21-10-12-22(13-11-21)15-6-2-3-7-18-15;1-20-15(24)12-19-23(16(20)25)7-3-2-6-21-8-10-22(11-9-21)14-4-5-17-13-18-14;4*1-2;/h4-5,8-11,19H,3,6-7,12-18H2,1-2H3;4-5,8-9,17H,3,6-7,10-16H2,1-2H3;2-4,7-8,15H,5-6,9-14H2,1H3;2-3,6-7,14H,4-5,8-13H2,1H3;4-5,12-13H,2-3,6-11H2,1H3;4*1-2H3;1H4. The number of hydrogen-bond acceptors (Lipinski definition) is 30. The van der Waals surface area contributed by atoms with Crippen molar-refractivity contribution < 1.29 is 9.47 Å². The molecule has 5 saturated heterocycles. The molecule has 0 amide bonds. The maximum Gasteiger partial charge on any atom is 0.347 e. The molecule has 11 aromatic rings. The average molecular weight is 2020 g/mol. The molecule has 800 valence electrons. The first-order valence-corrected chi connectivity index (χ1v) is 52.2. The van der Waals surface area contributed by atoms with E-state index in [1.807, 2.05) is 104 Å². The summed E-state index contributed by atoms with van der Waals surface area (Å²) in [7, 11) is 7.39. The summed E-state index contributed by atoms with van der Waals surface area (Å²) in [6, 6.07) is 39.5. The van der Waals surface area contributed by atoms with E-state index >= 15 is 0 Å². The number of benzene rings is 4. The van der Waals surface area contributed by atoms with E-state index < -0.39 is 0 Å². The predicted molar refractivity (Wildman–Crippen MR) is 585 cm³/mol. The van der Waals surface area contributed by atoms with Gasteiger partial charge in [-0.3, -0.25) is 71.3 Å². The van der Waals surface area contributed by atoms with Gasteiger partial charge in [0.25, 0.3) is 27.8 Å². The van der Waals surface area contributed by atoms with Crippen molar-refractivity contribution in [3.8, 4) is 11.5 Å². The molecule has 0 aliphatic carbocycles. The van der Waals surface area contributed by atoms with Crippen LogP contribution in [0.3, 0.4) is 0 Å². The summed E-state index contributed by atoms with van der Waals surface area (Å²) in [4.78, 5) is 153. The molecule has 16 rings (SSSR count). The molecule has 40 nitrogen and oxygen atoms in total. The van der Waals surface area contributed by atoms with E-state index in [-0.39, 0.29) is 63.7 Å². The molecule has 5 aliphatic heterocycles.